The van der Waals surface area contributed by atoms with Gasteiger partial charge in [0.1, 0.15) is 17.0 Å². The van der Waals surface area contributed by atoms with E-state index >= 15 is 0 Å². The summed E-state index contributed by atoms with van der Waals surface area (Å²) in [6, 6.07) is 18.9. The van der Waals surface area contributed by atoms with Crippen molar-refractivity contribution in [2.75, 3.05) is 5.73 Å². The molecule has 7 nitrogen and oxygen atoms in total. The highest BCUT2D eigenvalue weighted by atomic mass is 16.1. The van der Waals surface area contributed by atoms with E-state index in [1.807, 2.05) is 66.7 Å². The molecule has 0 aliphatic rings. The molecule has 2 N–H and O–H groups in total. The smallest absolute Gasteiger partial charge is 0.278 e. The summed E-state index contributed by atoms with van der Waals surface area (Å²) >= 11 is 0. The van der Waals surface area contributed by atoms with Gasteiger partial charge in [-0.15, -0.1) is 0 Å². The maximum atomic E-state index is 13.5. The van der Waals surface area contributed by atoms with E-state index in [2.05, 4.69) is 19.9 Å². The first-order chi connectivity index (χ1) is 16.2. The number of nitrogens with zero attached hydrogens (tertiary/aromatic N) is 5. The van der Waals surface area contributed by atoms with E-state index in [9.17, 15) is 4.79 Å². The maximum Gasteiger partial charge on any atom is 0.278 e. The Bertz CT molecular complexity index is 1510. The van der Waals surface area contributed by atoms with Gasteiger partial charge in [-0.1, -0.05) is 30.4 Å². The van der Waals surface area contributed by atoms with Crippen molar-refractivity contribution in [1.82, 2.24) is 24.5 Å². The van der Waals surface area contributed by atoms with E-state index in [1.165, 1.54) is 0 Å². The van der Waals surface area contributed by atoms with Gasteiger partial charge >= 0.3 is 0 Å². The van der Waals surface area contributed by atoms with Gasteiger partial charge in [-0.3, -0.25) is 14.3 Å². The number of fused-ring (bicyclic) bond motifs is 1. The standard InChI is InChI=1S/C26H20N6O/c27-24-11-10-19(17-30-24)9-8-18-4-1-6-21(14-18)32-25-22(7-3-13-29-25)31-23(26(32)33)15-20-5-2-12-28-16-20/h1-14,16-17H,15H2,(H2,27,30)/b9-8+. The number of aromatic nitrogens is 5. The molecule has 7 heteroatoms. The van der Waals surface area contributed by atoms with Gasteiger partial charge in [0, 0.05) is 31.2 Å². The van der Waals surface area contributed by atoms with Crippen LogP contribution < -0.4 is 11.3 Å². The van der Waals surface area contributed by atoms with Crippen LogP contribution in [-0.4, -0.2) is 24.5 Å². The summed E-state index contributed by atoms with van der Waals surface area (Å²) in [6.07, 6.45) is 11.1. The van der Waals surface area contributed by atoms with Crippen molar-refractivity contribution in [3.63, 3.8) is 0 Å². The lowest BCUT2D eigenvalue weighted by atomic mass is 10.1. The second-order valence-electron chi connectivity index (χ2n) is 7.53. The zero-order valence-corrected chi connectivity index (χ0v) is 17.7. The van der Waals surface area contributed by atoms with Gasteiger partial charge in [0.05, 0.1) is 5.69 Å². The van der Waals surface area contributed by atoms with E-state index in [0.29, 0.717) is 29.1 Å². The number of rotatable bonds is 5. The lowest BCUT2D eigenvalue weighted by molar-refractivity contribution is 0.924. The molecule has 0 fully saturated rings. The highest BCUT2D eigenvalue weighted by Gasteiger charge is 2.14. The number of benzene rings is 1. The molecule has 33 heavy (non-hydrogen) atoms. The lowest BCUT2D eigenvalue weighted by Crippen LogP contribution is -2.25. The normalized spacial score (nSPS) is 11.3. The Balaban J connectivity index is 1.59. The molecule has 4 heterocycles. The summed E-state index contributed by atoms with van der Waals surface area (Å²) < 4.78 is 1.62. The highest BCUT2D eigenvalue weighted by Crippen LogP contribution is 2.17. The fraction of sp³-hybridized carbons (Fsp3) is 0.0385. The molecule has 4 aromatic heterocycles. The predicted molar refractivity (Wildman–Crippen MR) is 130 cm³/mol. The van der Waals surface area contributed by atoms with Crippen LogP contribution >= 0.6 is 0 Å². The number of hydrogen-bond donors (Lipinski definition) is 1. The molecule has 5 rings (SSSR count). The minimum Gasteiger partial charge on any atom is -0.384 e. The molecule has 0 saturated carbocycles. The molecule has 0 atom stereocenters. The molecule has 0 aliphatic carbocycles. The average Bonchev–Trinajstić information content (AvgIpc) is 2.85. The van der Waals surface area contributed by atoms with Crippen LogP contribution in [0.2, 0.25) is 0 Å². The van der Waals surface area contributed by atoms with E-state index < -0.39 is 0 Å². The number of anilines is 1. The molecular weight excluding hydrogens is 412 g/mol. The van der Waals surface area contributed by atoms with Gasteiger partial charge < -0.3 is 5.73 Å². The third-order valence-electron chi connectivity index (χ3n) is 5.18. The van der Waals surface area contributed by atoms with Gasteiger partial charge in [0.15, 0.2) is 5.65 Å². The Morgan fingerprint density at radius 3 is 2.58 bits per heavy atom. The van der Waals surface area contributed by atoms with Crippen molar-refractivity contribution in [2.45, 2.75) is 6.42 Å². The monoisotopic (exact) mass is 432 g/mol. The Kier molecular flexibility index (Phi) is 5.43. The predicted octanol–water partition coefficient (Wildman–Crippen LogP) is 3.91. The number of nitrogens with two attached hydrogens (primary N) is 1. The average molecular weight is 432 g/mol. The largest absolute Gasteiger partial charge is 0.384 e. The minimum absolute atomic E-state index is 0.200. The zero-order chi connectivity index (χ0) is 22.6. The van der Waals surface area contributed by atoms with Crippen LogP contribution in [0.15, 0.2) is 90.2 Å². The van der Waals surface area contributed by atoms with Crippen molar-refractivity contribution in [2.24, 2.45) is 0 Å². The van der Waals surface area contributed by atoms with Gasteiger partial charge in [-0.25, -0.2) is 15.0 Å². The third kappa shape index (κ3) is 4.38. The lowest BCUT2D eigenvalue weighted by Gasteiger charge is -2.12. The summed E-state index contributed by atoms with van der Waals surface area (Å²) in [4.78, 5) is 30.8. The minimum atomic E-state index is -0.200. The van der Waals surface area contributed by atoms with Crippen molar-refractivity contribution < 1.29 is 0 Å². The van der Waals surface area contributed by atoms with Crippen LogP contribution in [-0.2, 0) is 6.42 Å². The van der Waals surface area contributed by atoms with E-state index in [1.54, 1.807) is 35.4 Å². The van der Waals surface area contributed by atoms with E-state index in [0.717, 1.165) is 22.4 Å². The maximum absolute atomic E-state index is 13.5. The molecule has 5 aromatic rings. The third-order valence-corrected chi connectivity index (χ3v) is 5.18. The molecule has 0 aliphatic heterocycles. The summed E-state index contributed by atoms with van der Waals surface area (Å²) in [6.45, 7) is 0. The summed E-state index contributed by atoms with van der Waals surface area (Å²) in [5.41, 5.74) is 10.6. The van der Waals surface area contributed by atoms with Crippen molar-refractivity contribution in [3.8, 4) is 5.69 Å². The summed E-state index contributed by atoms with van der Waals surface area (Å²) in [5.74, 6) is 0.479. The van der Waals surface area contributed by atoms with Crippen LogP contribution in [0.25, 0.3) is 29.0 Å². The van der Waals surface area contributed by atoms with Gasteiger partial charge in [-0.2, -0.15) is 0 Å². The molecule has 0 spiro atoms. The zero-order valence-electron chi connectivity index (χ0n) is 17.7. The van der Waals surface area contributed by atoms with Gasteiger partial charge in [0.2, 0.25) is 0 Å². The van der Waals surface area contributed by atoms with Crippen LogP contribution in [0.5, 0.6) is 0 Å². The van der Waals surface area contributed by atoms with Crippen molar-refractivity contribution >= 4 is 29.1 Å². The number of hydrogen-bond acceptors (Lipinski definition) is 6. The van der Waals surface area contributed by atoms with E-state index in [-0.39, 0.29) is 5.56 Å². The fourth-order valence-corrected chi connectivity index (χ4v) is 3.59. The fourth-order valence-electron chi connectivity index (χ4n) is 3.59. The molecular formula is C26H20N6O. The molecule has 0 bridgehead atoms. The van der Waals surface area contributed by atoms with Crippen molar-refractivity contribution in [3.05, 3.63) is 118 Å². The van der Waals surface area contributed by atoms with Crippen LogP contribution in [0.1, 0.15) is 22.4 Å². The molecule has 0 saturated heterocycles. The summed E-state index contributed by atoms with van der Waals surface area (Å²) in [5, 5.41) is 0. The van der Waals surface area contributed by atoms with Gasteiger partial charge in [-0.05, 0) is 59.2 Å². The Morgan fingerprint density at radius 1 is 0.879 bits per heavy atom. The SMILES string of the molecule is Nc1ccc(/C=C/c2cccc(-n3c(=O)c(Cc4cccnc4)nc4cccnc43)c2)cn1. The Labute approximate surface area is 189 Å². The molecule has 0 radical (unpaired) electrons. The summed E-state index contributed by atoms with van der Waals surface area (Å²) in [7, 11) is 0. The quantitative estimate of drug-likeness (QED) is 0.452. The molecule has 1 aromatic carbocycles. The topological polar surface area (TPSA) is 99.6 Å². The van der Waals surface area contributed by atoms with Crippen LogP contribution in [0, 0.1) is 0 Å². The highest BCUT2D eigenvalue weighted by molar-refractivity contribution is 5.74. The number of pyridine rings is 3. The first-order valence-corrected chi connectivity index (χ1v) is 10.4. The Hall–Kier alpha value is -4.65. The van der Waals surface area contributed by atoms with Crippen molar-refractivity contribution in [1.29, 1.82) is 0 Å². The van der Waals surface area contributed by atoms with Gasteiger partial charge in [0.25, 0.3) is 5.56 Å². The van der Waals surface area contributed by atoms with Crippen LogP contribution in [0.4, 0.5) is 5.82 Å². The second-order valence-corrected chi connectivity index (χ2v) is 7.53. The second kappa shape index (κ2) is 8.84. The number of nitrogen functional groups attached to an aromatic ring is 1. The molecule has 0 unspecified atom stereocenters. The Morgan fingerprint density at radius 2 is 1.76 bits per heavy atom. The van der Waals surface area contributed by atoms with E-state index in [4.69, 9.17) is 5.73 Å². The first kappa shape index (κ1) is 20.3. The first-order valence-electron chi connectivity index (χ1n) is 10.4. The molecule has 160 valence electrons. The van der Waals surface area contributed by atoms with Crippen LogP contribution in [0.3, 0.4) is 0 Å². The molecule has 0 amide bonds.